The molecule has 1 N–H and O–H groups in total. The van der Waals surface area contributed by atoms with Crippen LogP contribution in [0.4, 0.5) is 4.39 Å². The van der Waals surface area contributed by atoms with Crippen LogP contribution in [0, 0.1) is 11.2 Å². The van der Waals surface area contributed by atoms with Crippen molar-refractivity contribution < 1.29 is 4.39 Å². The van der Waals surface area contributed by atoms with Crippen molar-refractivity contribution in [2.24, 2.45) is 5.41 Å². The summed E-state index contributed by atoms with van der Waals surface area (Å²) in [6.45, 7) is 4.38. The smallest absolute Gasteiger partial charge is 0.123 e. The van der Waals surface area contributed by atoms with Crippen molar-refractivity contribution in [2.75, 3.05) is 13.1 Å². The molecule has 1 aliphatic carbocycles. The van der Waals surface area contributed by atoms with Crippen molar-refractivity contribution in [1.82, 2.24) is 5.32 Å². The molecule has 0 atom stereocenters. The first-order valence-electron chi connectivity index (χ1n) is 8.19. The van der Waals surface area contributed by atoms with E-state index in [4.69, 9.17) is 0 Å². The third kappa shape index (κ3) is 4.59. The van der Waals surface area contributed by atoms with Gasteiger partial charge in [-0.2, -0.15) is 0 Å². The van der Waals surface area contributed by atoms with Gasteiger partial charge in [-0.05, 0) is 68.3 Å². The highest BCUT2D eigenvalue weighted by Crippen LogP contribution is 2.42. The van der Waals surface area contributed by atoms with Gasteiger partial charge in [0.2, 0.25) is 0 Å². The summed E-state index contributed by atoms with van der Waals surface area (Å²) in [5.74, 6) is -0.131. The van der Waals surface area contributed by atoms with Gasteiger partial charge in [0.05, 0.1) is 0 Å². The van der Waals surface area contributed by atoms with Gasteiger partial charge in [-0.25, -0.2) is 4.39 Å². The molecular formula is C18H28FN. The van der Waals surface area contributed by atoms with E-state index in [1.54, 1.807) is 12.1 Å². The van der Waals surface area contributed by atoms with Gasteiger partial charge in [0, 0.05) is 0 Å². The lowest BCUT2D eigenvalue weighted by Crippen LogP contribution is -2.30. The van der Waals surface area contributed by atoms with E-state index in [2.05, 4.69) is 12.2 Å². The van der Waals surface area contributed by atoms with E-state index in [9.17, 15) is 4.39 Å². The highest BCUT2D eigenvalue weighted by Gasteiger charge is 2.30. The summed E-state index contributed by atoms with van der Waals surface area (Å²) >= 11 is 0. The normalized spacial score (nSPS) is 18.1. The Bertz CT molecular complexity index is 379. The molecule has 1 saturated carbocycles. The Morgan fingerprint density at radius 3 is 2.40 bits per heavy atom. The predicted molar refractivity (Wildman–Crippen MR) is 83.4 cm³/mol. The number of halogens is 1. The summed E-state index contributed by atoms with van der Waals surface area (Å²) in [6, 6.07) is 7.05. The van der Waals surface area contributed by atoms with Crippen LogP contribution < -0.4 is 5.32 Å². The zero-order valence-electron chi connectivity index (χ0n) is 12.8. The van der Waals surface area contributed by atoms with Crippen molar-refractivity contribution in [3.63, 3.8) is 0 Å². The van der Waals surface area contributed by atoms with Gasteiger partial charge in [-0.1, -0.05) is 38.3 Å². The molecule has 0 unspecified atom stereocenters. The summed E-state index contributed by atoms with van der Waals surface area (Å²) in [7, 11) is 0. The number of hydrogen-bond acceptors (Lipinski definition) is 1. The average molecular weight is 277 g/mol. The maximum atomic E-state index is 13.0. The lowest BCUT2D eigenvalue weighted by molar-refractivity contribution is 0.157. The Balaban J connectivity index is 1.91. The fourth-order valence-corrected chi connectivity index (χ4v) is 3.52. The largest absolute Gasteiger partial charge is 0.317 e. The maximum absolute atomic E-state index is 13.0. The molecule has 1 aromatic rings. The van der Waals surface area contributed by atoms with Crippen LogP contribution in [-0.4, -0.2) is 13.1 Å². The van der Waals surface area contributed by atoms with Gasteiger partial charge >= 0.3 is 0 Å². The molecule has 0 aliphatic heterocycles. The average Bonchev–Trinajstić information content (AvgIpc) is 2.48. The lowest BCUT2D eigenvalue weighted by atomic mass is 9.68. The Hall–Kier alpha value is -0.890. The highest BCUT2D eigenvalue weighted by atomic mass is 19.1. The highest BCUT2D eigenvalue weighted by molar-refractivity contribution is 5.16. The first-order valence-corrected chi connectivity index (χ1v) is 8.19. The molecule has 1 aromatic carbocycles. The van der Waals surface area contributed by atoms with E-state index in [-0.39, 0.29) is 5.82 Å². The van der Waals surface area contributed by atoms with E-state index < -0.39 is 0 Å². The van der Waals surface area contributed by atoms with Crippen molar-refractivity contribution >= 4 is 0 Å². The van der Waals surface area contributed by atoms with E-state index in [0.29, 0.717) is 5.41 Å². The van der Waals surface area contributed by atoms with Crippen LogP contribution in [0.15, 0.2) is 24.3 Å². The fourth-order valence-electron chi connectivity index (χ4n) is 3.52. The predicted octanol–water partition coefficient (Wildman–Crippen LogP) is 4.71. The van der Waals surface area contributed by atoms with Crippen molar-refractivity contribution in [2.45, 2.75) is 58.3 Å². The van der Waals surface area contributed by atoms with Gasteiger partial charge in [-0.15, -0.1) is 0 Å². The first kappa shape index (κ1) is 15.5. The monoisotopic (exact) mass is 277 g/mol. The quantitative estimate of drug-likeness (QED) is 0.712. The molecule has 0 bridgehead atoms. The number of benzene rings is 1. The molecule has 1 nitrogen and oxygen atoms in total. The van der Waals surface area contributed by atoms with Crippen LogP contribution in [-0.2, 0) is 6.42 Å². The summed E-state index contributed by atoms with van der Waals surface area (Å²) in [5.41, 5.74) is 1.80. The second-order valence-corrected chi connectivity index (χ2v) is 6.29. The van der Waals surface area contributed by atoms with Gasteiger partial charge < -0.3 is 5.32 Å². The van der Waals surface area contributed by atoms with E-state index in [0.717, 1.165) is 19.5 Å². The van der Waals surface area contributed by atoms with Gasteiger partial charge in [0.25, 0.3) is 0 Å². The Kier molecular flexibility index (Phi) is 6.03. The molecule has 2 heteroatoms. The minimum absolute atomic E-state index is 0.131. The molecule has 112 valence electrons. The van der Waals surface area contributed by atoms with Crippen LogP contribution in [0.2, 0.25) is 0 Å². The summed E-state index contributed by atoms with van der Waals surface area (Å²) in [5, 5.41) is 3.48. The van der Waals surface area contributed by atoms with Crippen molar-refractivity contribution in [3.8, 4) is 0 Å². The van der Waals surface area contributed by atoms with E-state index >= 15 is 0 Å². The first-order chi connectivity index (χ1) is 9.74. The molecular weight excluding hydrogens is 249 g/mol. The molecule has 1 fully saturated rings. The van der Waals surface area contributed by atoms with Crippen LogP contribution >= 0.6 is 0 Å². The van der Waals surface area contributed by atoms with Gasteiger partial charge in [0.15, 0.2) is 0 Å². The second-order valence-electron chi connectivity index (χ2n) is 6.29. The molecule has 1 aliphatic rings. The second kappa shape index (κ2) is 7.78. The molecule has 0 radical (unpaired) electrons. The minimum Gasteiger partial charge on any atom is -0.317 e. The summed E-state index contributed by atoms with van der Waals surface area (Å²) in [6.07, 6.45) is 10.6. The number of aryl methyl sites for hydroxylation is 1. The molecule has 0 aromatic heterocycles. The Morgan fingerprint density at radius 2 is 1.75 bits per heavy atom. The summed E-state index contributed by atoms with van der Waals surface area (Å²) in [4.78, 5) is 0. The van der Waals surface area contributed by atoms with Crippen LogP contribution in [0.5, 0.6) is 0 Å². The molecule has 0 heterocycles. The number of rotatable bonds is 7. The number of nitrogens with one attached hydrogen (secondary N) is 1. The molecule has 20 heavy (non-hydrogen) atoms. The third-order valence-corrected chi connectivity index (χ3v) is 4.85. The van der Waals surface area contributed by atoms with Gasteiger partial charge in [-0.3, -0.25) is 0 Å². The fraction of sp³-hybridized carbons (Fsp3) is 0.667. The lowest BCUT2D eigenvalue weighted by Gasteiger charge is -2.38. The standard InChI is InChI=1S/C18H28FN/c1-2-20-15-14-18(11-4-3-5-12-18)13-10-16-6-8-17(19)9-7-16/h6-9,20H,2-5,10-15H2,1H3. The van der Waals surface area contributed by atoms with Crippen LogP contribution in [0.25, 0.3) is 0 Å². The van der Waals surface area contributed by atoms with Crippen molar-refractivity contribution in [1.29, 1.82) is 0 Å². The Labute approximate surface area is 123 Å². The van der Waals surface area contributed by atoms with E-state index in [1.807, 2.05) is 12.1 Å². The zero-order chi connectivity index (χ0) is 14.3. The molecule has 0 saturated heterocycles. The number of hydrogen-bond donors (Lipinski definition) is 1. The summed E-state index contributed by atoms with van der Waals surface area (Å²) < 4.78 is 13.0. The zero-order valence-corrected chi connectivity index (χ0v) is 12.8. The SMILES string of the molecule is CCNCCC1(CCc2ccc(F)cc2)CCCCC1. The third-order valence-electron chi connectivity index (χ3n) is 4.85. The topological polar surface area (TPSA) is 12.0 Å². The van der Waals surface area contributed by atoms with Crippen molar-refractivity contribution in [3.05, 3.63) is 35.6 Å². The molecule has 2 rings (SSSR count). The molecule has 0 amide bonds. The van der Waals surface area contributed by atoms with Crippen LogP contribution in [0.3, 0.4) is 0 Å². The van der Waals surface area contributed by atoms with Crippen LogP contribution in [0.1, 0.15) is 57.4 Å². The van der Waals surface area contributed by atoms with E-state index in [1.165, 1.54) is 50.5 Å². The molecule has 0 spiro atoms. The maximum Gasteiger partial charge on any atom is 0.123 e. The Morgan fingerprint density at radius 1 is 1.05 bits per heavy atom. The minimum atomic E-state index is -0.131. The van der Waals surface area contributed by atoms with Gasteiger partial charge in [0.1, 0.15) is 5.82 Å².